The fraction of sp³-hybridized carbons (Fsp3) is 0.724. The van der Waals surface area contributed by atoms with Crippen LogP contribution in [-0.2, 0) is 14.3 Å². The number of nitrogens with zero attached hydrogens (tertiary/aromatic N) is 1. The highest BCUT2D eigenvalue weighted by atomic mass is 16.5. The summed E-state index contributed by atoms with van der Waals surface area (Å²) in [5.74, 6) is 2.33. The van der Waals surface area contributed by atoms with Crippen molar-refractivity contribution in [1.29, 1.82) is 5.26 Å². The second-order valence-corrected chi connectivity index (χ2v) is 11.7. The molecule has 0 N–H and O–H groups in total. The number of hydrogen-bond acceptors (Lipinski definition) is 4. The van der Waals surface area contributed by atoms with Crippen LogP contribution in [0.5, 0.6) is 0 Å². The van der Waals surface area contributed by atoms with Gasteiger partial charge in [0.25, 0.3) is 0 Å². The van der Waals surface area contributed by atoms with Crippen LogP contribution in [0.15, 0.2) is 36.5 Å². The Bertz CT molecular complexity index is 865. The second-order valence-electron chi connectivity index (χ2n) is 11.7. The molecule has 0 bridgehead atoms. The van der Waals surface area contributed by atoms with Crippen molar-refractivity contribution >= 4 is 5.97 Å². The van der Waals surface area contributed by atoms with Crippen LogP contribution in [0.4, 0.5) is 0 Å². The second kappa shape index (κ2) is 9.41. The normalized spacial score (nSPS) is 41.7. The molecule has 9 unspecified atom stereocenters. The first-order valence-electron chi connectivity index (χ1n) is 13.2. The van der Waals surface area contributed by atoms with E-state index in [2.05, 4.69) is 56.4 Å². The summed E-state index contributed by atoms with van der Waals surface area (Å²) in [5.41, 5.74) is -0.0757. The van der Waals surface area contributed by atoms with E-state index in [1.807, 2.05) is 0 Å². The van der Waals surface area contributed by atoms with Crippen molar-refractivity contribution in [2.45, 2.75) is 89.9 Å². The van der Waals surface area contributed by atoms with Crippen molar-refractivity contribution in [2.75, 3.05) is 0 Å². The summed E-state index contributed by atoms with van der Waals surface area (Å²) < 4.78 is 12.3. The molecule has 9 atom stereocenters. The summed E-state index contributed by atoms with van der Waals surface area (Å²) in [5, 5.41) is 9.90. The fourth-order valence-electron chi connectivity index (χ4n) is 7.91. The van der Waals surface area contributed by atoms with Crippen molar-refractivity contribution in [2.24, 2.45) is 40.9 Å². The molecule has 0 heterocycles. The largest absolute Gasteiger partial charge is 0.446 e. The van der Waals surface area contributed by atoms with Gasteiger partial charge in [0.05, 0.1) is 18.1 Å². The molecule has 2 fully saturated rings. The van der Waals surface area contributed by atoms with Crippen LogP contribution in [0, 0.1) is 52.3 Å². The van der Waals surface area contributed by atoms with Crippen molar-refractivity contribution in [1.82, 2.24) is 0 Å². The first-order valence-corrected chi connectivity index (χ1v) is 13.2. The molecule has 0 amide bonds. The number of allylic oxidation sites excluding steroid dienone is 3. The lowest BCUT2D eigenvalue weighted by molar-refractivity contribution is -0.158. The number of fused-ring (bicyclic) bond motifs is 3. The van der Waals surface area contributed by atoms with E-state index in [-0.39, 0.29) is 35.4 Å². The topological polar surface area (TPSA) is 59.3 Å². The number of rotatable bonds is 5. The van der Waals surface area contributed by atoms with E-state index in [1.165, 1.54) is 19.3 Å². The summed E-state index contributed by atoms with van der Waals surface area (Å²) in [6.07, 6.45) is 22.2. The fourth-order valence-corrected chi connectivity index (χ4v) is 7.91. The summed E-state index contributed by atoms with van der Waals surface area (Å²) in [6.45, 7) is 4.54. The zero-order valence-electron chi connectivity index (χ0n) is 20.2. The molecule has 4 nitrogen and oxygen atoms in total. The Balaban J connectivity index is 1.21. The molecule has 5 aliphatic carbocycles. The van der Waals surface area contributed by atoms with Crippen LogP contribution < -0.4 is 0 Å². The summed E-state index contributed by atoms with van der Waals surface area (Å²) in [4.78, 5) is 13.4. The van der Waals surface area contributed by atoms with E-state index in [4.69, 9.17) is 9.47 Å². The maximum atomic E-state index is 13.4. The molecular formula is C29H39NO3. The van der Waals surface area contributed by atoms with Gasteiger partial charge in [0.15, 0.2) is 6.10 Å². The Kier molecular flexibility index (Phi) is 6.54. The predicted octanol–water partition coefficient (Wildman–Crippen LogP) is 6.15. The minimum absolute atomic E-state index is 0.0757. The molecule has 4 heteroatoms. The molecule has 0 spiro atoms. The zero-order chi connectivity index (χ0) is 23.0. The highest BCUT2D eigenvalue weighted by Crippen LogP contribution is 2.63. The van der Waals surface area contributed by atoms with Crippen molar-refractivity contribution in [3.05, 3.63) is 36.5 Å². The monoisotopic (exact) mass is 449 g/mol. The summed E-state index contributed by atoms with van der Waals surface area (Å²) in [6, 6.07) is 2.30. The summed E-state index contributed by atoms with van der Waals surface area (Å²) in [7, 11) is 0. The standard InChI is InChI=1S/C29H39NO3/c1-29(2)25(17-21-15-19-9-6-7-14-24(19)27(21)29)28(31)33-26(18-30)20-10-8-13-23(16-20)32-22-11-4-3-5-12-22/h4,6-8,10-11,19-27H,3,5,9,12-17H2,1-2H3. The number of nitriles is 1. The van der Waals surface area contributed by atoms with Crippen LogP contribution >= 0.6 is 0 Å². The van der Waals surface area contributed by atoms with Gasteiger partial charge >= 0.3 is 5.97 Å². The zero-order valence-corrected chi connectivity index (χ0v) is 20.2. The summed E-state index contributed by atoms with van der Waals surface area (Å²) >= 11 is 0. The minimum atomic E-state index is -0.733. The highest BCUT2D eigenvalue weighted by Gasteiger charge is 2.59. The third-order valence-electron chi connectivity index (χ3n) is 9.43. The molecule has 0 aromatic carbocycles. The number of ether oxygens (including phenoxy) is 2. The van der Waals surface area contributed by atoms with Crippen LogP contribution in [0.25, 0.3) is 0 Å². The number of carbonyl (C=O) groups excluding carboxylic acids is 1. The Hall–Kier alpha value is -1.86. The maximum absolute atomic E-state index is 13.4. The molecule has 0 radical (unpaired) electrons. The molecule has 5 rings (SSSR count). The van der Waals surface area contributed by atoms with E-state index in [9.17, 15) is 10.1 Å². The van der Waals surface area contributed by atoms with Gasteiger partial charge in [-0.15, -0.1) is 0 Å². The minimum Gasteiger partial charge on any atom is -0.446 e. The molecule has 0 aliphatic heterocycles. The third kappa shape index (κ3) is 4.46. The first-order chi connectivity index (χ1) is 16.0. The molecule has 33 heavy (non-hydrogen) atoms. The number of esters is 1. The first kappa shape index (κ1) is 22.9. The molecular weight excluding hydrogens is 410 g/mol. The van der Waals surface area contributed by atoms with Gasteiger partial charge in [0, 0.05) is 5.92 Å². The average molecular weight is 450 g/mol. The Morgan fingerprint density at radius 2 is 1.88 bits per heavy atom. The van der Waals surface area contributed by atoms with Crippen molar-refractivity contribution in [3.63, 3.8) is 0 Å². The molecule has 5 aliphatic rings. The van der Waals surface area contributed by atoms with Gasteiger partial charge < -0.3 is 9.47 Å². The Labute approximate surface area is 199 Å². The average Bonchev–Trinajstić information content (AvgIpc) is 3.32. The van der Waals surface area contributed by atoms with Crippen LogP contribution in [-0.4, -0.2) is 24.3 Å². The molecule has 0 aromatic heterocycles. The lowest BCUT2D eigenvalue weighted by atomic mass is 9.67. The van der Waals surface area contributed by atoms with Crippen LogP contribution in [0.2, 0.25) is 0 Å². The third-order valence-corrected chi connectivity index (χ3v) is 9.43. The SMILES string of the molecule is CC1(C)C(C(=O)OC(C#N)C2C=CCC(OC3C=CCCC3)C2)CC2CC3CC=CCC3C21. The van der Waals surface area contributed by atoms with Gasteiger partial charge in [-0.05, 0) is 86.9 Å². The van der Waals surface area contributed by atoms with Gasteiger partial charge in [0.1, 0.15) is 6.07 Å². The van der Waals surface area contributed by atoms with E-state index >= 15 is 0 Å². The molecule has 0 saturated heterocycles. The quantitative estimate of drug-likeness (QED) is 0.373. The van der Waals surface area contributed by atoms with Crippen LogP contribution in [0.1, 0.15) is 71.6 Å². The van der Waals surface area contributed by atoms with Crippen LogP contribution in [0.3, 0.4) is 0 Å². The molecule has 178 valence electrons. The molecule has 2 saturated carbocycles. The Morgan fingerprint density at radius 1 is 1.03 bits per heavy atom. The van der Waals surface area contributed by atoms with Gasteiger partial charge in [-0.1, -0.05) is 50.3 Å². The van der Waals surface area contributed by atoms with Gasteiger partial charge in [-0.2, -0.15) is 5.26 Å². The van der Waals surface area contributed by atoms with E-state index in [1.54, 1.807) is 0 Å². The number of carbonyl (C=O) groups is 1. The van der Waals surface area contributed by atoms with Gasteiger partial charge in [0.2, 0.25) is 0 Å². The Morgan fingerprint density at radius 3 is 2.67 bits per heavy atom. The van der Waals surface area contributed by atoms with E-state index < -0.39 is 6.10 Å². The maximum Gasteiger partial charge on any atom is 0.310 e. The lowest BCUT2D eigenvalue weighted by Crippen LogP contribution is -2.39. The van der Waals surface area contributed by atoms with Crippen molar-refractivity contribution < 1.29 is 14.3 Å². The highest BCUT2D eigenvalue weighted by molar-refractivity contribution is 5.74. The van der Waals surface area contributed by atoms with Gasteiger partial charge in [-0.25, -0.2) is 0 Å². The number of hydrogen-bond donors (Lipinski definition) is 0. The smallest absolute Gasteiger partial charge is 0.310 e. The van der Waals surface area contributed by atoms with Crippen molar-refractivity contribution in [3.8, 4) is 6.07 Å². The van der Waals surface area contributed by atoms with E-state index in [0.717, 1.165) is 44.4 Å². The van der Waals surface area contributed by atoms with E-state index in [0.29, 0.717) is 17.8 Å². The lowest BCUT2D eigenvalue weighted by Gasteiger charge is -2.38. The molecule has 0 aromatic rings. The predicted molar refractivity (Wildman–Crippen MR) is 128 cm³/mol. The van der Waals surface area contributed by atoms with Gasteiger partial charge in [-0.3, -0.25) is 4.79 Å².